The monoisotopic (exact) mass is 254 g/mol. The summed E-state index contributed by atoms with van der Waals surface area (Å²) in [5.41, 5.74) is 0.573. The Morgan fingerprint density at radius 2 is 1.89 bits per heavy atom. The van der Waals surface area contributed by atoms with Crippen molar-refractivity contribution in [3.63, 3.8) is 0 Å². The maximum Gasteiger partial charge on any atom is 0.128 e. The number of ether oxygens (including phenoxy) is 3. The molecular weight excluding hydrogens is 232 g/mol. The molecule has 1 aromatic rings. The fourth-order valence-electron chi connectivity index (χ4n) is 1.43. The number of hydrogen-bond donors (Lipinski definition) is 1. The average molecular weight is 254 g/mol. The van der Waals surface area contributed by atoms with E-state index in [9.17, 15) is 5.11 Å². The molecule has 18 heavy (non-hydrogen) atoms. The van der Waals surface area contributed by atoms with Crippen molar-refractivity contribution in [2.24, 2.45) is 0 Å². The van der Waals surface area contributed by atoms with Gasteiger partial charge in [0, 0.05) is 11.6 Å². The zero-order valence-electron chi connectivity index (χ0n) is 11.5. The molecule has 102 valence electrons. The van der Waals surface area contributed by atoms with Crippen molar-refractivity contribution in [1.82, 2.24) is 0 Å². The molecular formula is C14H22O4. The van der Waals surface area contributed by atoms with Gasteiger partial charge in [0.25, 0.3) is 0 Å². The number of rotatable bonds is 6. The summed E-state index contributed by atoms with van der Waals surface area (Å²) >= 11 is 0. The summed E-state index contributed by atoms with van der Waals surface area (Å²) in [7, 11) is 1.60. The SMILES string of the molecule is COc1ccc(CO)c(OCCOC(C)(C)C)c1. The van der Waals surface area contributed by atoms with Crippen LogP contribution in [-0.4, -0.2) is 31.0 Å². The lowest BCUT2D eigenvalue weighted by Crippen LogP contribution is -2.22. The first-order chi connectivity index (χ1) is 8.46. The van der Waals surface area contributed by atoms with Gasteiger partial charge in [0.1, 0.15) is 18.1 Å². The highest BCUT2D eigenvalue weighted by Gasteiger charge is 2.10. The molecule has 1 rings (SSSR count). The lowest BCUT2D eigenvalue weighted by molar-refractivity contribution is -0.0165. The minimum Gasteiger partial charge on any atom is -0.497 e. The molecule has 1 aromatic carbocycles. The van der Waals surface area contributed by atoms with Crippen LogP contribution in [0.1, 0.15) is 26.3 Å². The Hall–Kier alpha value is -1.26. The third-order valence-electron chi connectivity index (χ3n) is 2.32. The van der Waals surface area contributed by atoms with Crippen LogP contribution in [0.3, 0.4) is 0 Å². The summed E-state index contributed by atoms with van der Waals surface area (Å²) in [6, 6.07) is 5.35. The quantitative estimate of drug-likeness (QED) is 0.792. The molecule has 4 heteroatoms. The molecule has 0 radical (unpaired) electrons. The Morgan fingerprint density at radius 1 is 1.17 bits per heavy atom. The van der Waals surface area contributed by atoms with Gasteiger partial charge < -0.3 is 19.3 Å². The van der Waals surface area contributed by atoms with Gasteiger partial charge in [0.15, 0.2) is 0 Å². The minimum atomic E-state index is -0.169. The molecule has 0 amide bonds. The largest absolute Gasteiger partial charge is 0.497 e. The highest BCUT2D eigenvalue weighted by atomic mass is 16.5. The van der Waals surface area contributed by atoms with Crippen LogP contribution in [0.5, 0.6) is 11.5 Å². The smallest absolute Gasteiger partial charge is 0.128 e. The van der Waals surface area contributed by atoms with E-state index in [0.29, 0.717) is 24.7 Å². The molecule has 0 heterocycles. The first kappa shape index (κ1) is 14.8. The minimum absolute atomic E-state index is 0.0561. The lowest BCUT2D eigenvalue weighted by Gasteiger charge is -2.20. The molecule has 0 saturated heterocycles. The van der Waals surface area contributed by atoms with Crippen molar-refractivity contribution in [2.75, 3.05) is 20.3 Å². The highest BCUT2D eigenvalue weighted by molar-refractivity contribution is 5.40. The van der Waals surface area contributed by atoms with E-state index in [1.165, 1.54) is 0 Å². The summed E-state index contributed by atoms with van der Waals surface area (Å²) in [6.07, 6.45) is 0. The predicted molar refractivity (Wildman–Crippen MR) is 70.1 cm³/mol. The Morgan fingerprint density at radius 3 is 2.44 bits per heavy atom. The summed E-state index contributed by atoms with van der Waals surface area (Å²) in [6.45, 7) is 6.88. The third-order valence-corrected chi connectivity index (χ3v) is 2.32. The maximum atomic E-state index is 9.22. The molecule has 0 atom stereocenters. The molecule has 0 aliphatic rings. The zero-order valence-corrected chi connectivity index (χ0v) is 11.5. The number of methoxy groups -OCH3 is 1. The van der Waals surface area contributed by atoms with Crippen molar-refractivity contribution in [2.45, 2.75) is 33.0 Å². The second kappa shape index (κ2) is 6.61. The highest BCUT2D eigenvalue weighted by Crippen LogP contribution is 2.24. The van der Waals surface area contributed by atoms with E-state index in [0.717, 1.165) is 5.56 Å². The van der Waals surface area contributed by atoms with E-state index in [-0.39, 0.29) is 12.2 Å². The summed E-state index contributed by atoms with van der Waals surface area (Å²) in [5, 5.41) is 9.22. The van der Waals surface area contributed by atoms with Gasteiger partial charge in [0.2, 0.25) is 0 Å². The Balaban J connectivity index is 2.54. The van der Waals surface area contributed by atoms with Gasteiger partial charge in [-0.2, -0.15) is 0 Å². The molecule has 0 spiro atoms. The van der Waals surface area contributed by atoms with E-state index < -0.39 is 0 Å². The summed E-state index contributed by atoms with van der Waals surface area (Å²) in [5.74, 6) is 1.34. The molecule has 4 nitrogen and oxygen atoms in total. The van der Waals surface area contributed by atoms with Gasteiger partial charge in [-0.3, -0.25) is 0 Å². The number of aliphatic hydroxyl groups excluding tert-OH is 1. The molecule has 0 fully saturated rings. The van der Waals surface area contributed by atoms with Crippen LogP contribution < -0.4 is 9.47 Å². The van der Waals surface area contributed by atoms with Crippen LogP contribution in [0.25, 0.3) is 0 Å². The maximum absolute atomic E-state index is 9.22. The van der Waals surface area contributed by atoms with Crippen LogP contribution in [-0.2, 0) is 11.3 Å². The summed E-state index contributed by atoms with van der Waals surface area (Å²) in [4.78, 5) is 0. The Bertz CT molecular complexity index is 369. The second-order valence-electron chi connectivity index (χ2n) is 4.94. The van der Waals surface area contributed by atoms with Crippen LogP contribution in [0, 0.1) is 0 Å². The third kappa shape index (κ3) is 4.94. The average Bonchev–Trinajstić information content (AvgIpc) is 2.33. The zero-order chi connectivity index (χ0) is 13.6. The normalized spacial score (nSPS) is 11.4. The number of hydrogen-bond acceptors (Lipinski definition) is 4. The first-order valence-electron chi connectivity index (χ1n) is 6.01. The van der Waals surface area contributed by atoms with Crippen LogP contribution >= 0.6 is 0 Å². The molecule has 0 unspecified atom stereocenters. The van der Waals surface area contributed by atoms with Crippen LogP contribution in [0.2, 0.25) is 0 Å². The molecule has 0 aromatic heterocycles. The van der Waals surface area contributed by atoms with Crippen LogP contribution in [0.15, 0.2) is 18.2 Å². The topological polar surface area (TPSA) is 47.9 Å². The van der Waals surface area contributed by atoms with Crippen LogP contribution in [0.4, 0.5) is 0 Å². The molecule has 1 N–H and O–H groups in total. The Labute approximate surface area is 108 Å². The van der Waals surface area contributed by atoms with Crippen molar-refractivity contribution >= 4 is 0 Å². The lowest BCUT2D eigenvalue weighted by atomic mass is 10.2. The van der Waals surface area contributed by atoms with Crippen molar-refractivity contribution in [3.05, 3.63) is 23.8 Å². The summed E-state index contributed by atoms with van der Waals surface area (Å²) < 4.78 is 16.3. The molecule has 0 aliphatic heterocycles. The second-order valence-corrected chi connectivity index (χ2v) is 4.94. The molecule has 0 aliphatic carbocycles. The van der Waals surface area contributed by atoms with E-state index in [1.54, 1.807) is 25.3 Å². The van der Waals surface area contributed by atoms with Gasteiger partial charge in [-0.05, 0) is 32.9 Å². The van der Waals surface area contributed by atoms with E-state index >= 15 is 0 Å². The fourth-order valence-corrected chi connectivity index (χ4v) is 1.43. The molecule has 0 bridgehead atoms. The fraction of sp³-hybridized carbons (Fsp3) is 0.571. The van der Waals surface area contributed by atoms with Gasteiger partial charge in [0.05, 0.1) is 25.9 Å². The van der Waals surface area contributed by atoms with Gasteiger partial charge in [-0.1, -0.05) is 0 Å². The van der Waals surface area contributed by atoms with E-state index in [1.807, 2.05) is 20.8 Å². The Kier molecular flexibility index (Phi) is 5.44. The first-order valence-corrected chi connectivity index (χ1v) is 6.01. The van der Waals surface area contributed by atoms with Crippen molar-refractivity contribution in [3.8, 4) is 11.5 Å². The van der Waals surface area contributed by atoms with Gasteiger partial charge in [-0.15, -0.1) is 0 Å². The molecule has 0 saturated carbocycles. The van der Waals surface area contributed by atoms with E-state index in [2.05, 4.69) is 0 Å². The van der Waals surface area contributed by atoms with Gasteiger partial charge in [-0.25, -0.2) is 0 Å². The number of aliphatic hydroxyl groups is 1. The standard InChI is InChI=1S/C14H22O4/c1-14(2,3)18-8-7-17-13-9-12(16-4)6-5-11(13)10-15/h5-6,9,15H,7-8,10H2,1-4H3. The van der Waals surface area contributed by atoms with Crippen molar-refractivity contribution in [1.29, 1.82) is 0 Å². The predicted octanol–water partition coefficient (Wildman–Crippen LogP) is 2.38. The van der Waals surface area contributed by atoms with Crippen molar-refractivity contribution < 1.29 is 19.3 Å². The number of benzene rings is 1. The van der Waals surface area contributed by atoms with E-state index in [4.69, 9.17) is 14.2 Å². The van der Waals surface area contributed by atoms with Gasteiger partial charge >= 0.3 is 0 Å².